The zero-order valence-electron chi connectivity index (χ0n) is 7.10. The Labute approximate surface area is 89.1 Å². The molecule has 0 radical (unpaired) electrons. The van der Waals surface area contributed by atoms with Gasteiger partial charge in [-0.25, -0.2) is 0 Å². The summed E-state index contributed by atoms with van der Waals surface area (Å²) in [7, 11) is 0. The van der Waals surface area contributed by atoms with Crippen LogP contribution in [-0.4, -0.2) is 20.5 Å². The van der Waals surface area contributed by atoms with Gasteiger partial charge in [-0.3, -0.25) is 0 Å². The first kappa shape index (κ1) is 9.37. The lowest BCUT2D eigenvalue weighted by Crippen LogP contribution is -1.76. The summed E-state index contributed by atoms with van der Waals surface area (Å²) in [4.78, 5) is 1.05. The SMILES string of the molecule is N#CSCSc1cccc2n[nH]nc12. The highest BCUT2D eigenvalue weighted by atomic mass is 32.2. The van der Waals surface area contributed by atoms with Crippen LogP contribution in [0.4, 0.5) is 0 Å². The molecule has 0 atom stereocenters. The van der Waals surface area contributed by atoms with Crippen LogP contribution in [0.3, 0.4) is 0 Å². The molecule has 70 valence electrons. The first-order valence-corrected chi connectivity index (χ1v) is 5.82. The second-order valence-electron chi connectivity index (χ2n) is 2.45. The molecular formula is C8H6N4S2. The van der Waals surface area contributed by atoms with Gasteiger partial charge in [0.15, 0.2) is 0 Å². The fraction of sp³-hybridized carbons (Fsp3) is 0.125. The van der Waals surface area contributed by atoms with E-state index in [4.69, 9.17) is 5.26 Å². The highest BCUT2D eigenvalue weighted by molar-refractivity contribution is 8.18. The van der Waals surface area contributed by atoms with Crippen LogP contribution in [0.25, 0.3) is 11.0 Å². The maximum absolute atomic E-state index is 8.38. The zero-order valence-corrected chi connectivity index (χ0v) is 8.73. The molecule has 0 unspecified atom stereocenters. The number of benzene rings is 1. The normalized spacial score (nSPS) is 10.2. The predicted octanol–water partition coefficient (Wildman–Crippen LogP) is 2.22. The number of rotatable bonds is 3. The lowest BCUT2D eigenvalue weighted by molar-refractivity contribution is 0.957. The first-order valence-electron chi connectivity index (χ1n) is 3.85. The molecule has 1 aromatic heterocycles. The molecule has 0 aliphatic heterocycles. The standard InChI is InChI=1S/C8H6N4S2/c9-4-13-5-14-7-3-1-2-6-8(7)11-12-10-6/h1-3H,5H2,(H,10,11,12). The van der Waals surface area contributed by atoms with Gasteiger partial charge >= 0.3 is 0 Å². The molecule has 0 aliphatic rings. The number of H-pyrrole nitrogens is 1. The van der Waals surface area contributed by atoms with Crippen LogP contribution in [-0.2, 0) is 0 Å². The van der Waals surface area contributed by atoms with E-state index in [0.717, 1.165) is 15.9 Å². The Kier molecular flexibility index (Phi) is 2.91. The lowest BCUT2D eigenvalue weighted by atomic mass is 10.3. The Hall–Kier alpha value is -1.19. The third-order valence-corrected chi connectivity index (χ3v) is 3.36. The number of fused-ring (bicyclic) bond motifs is 1. The maximum atomic E-state index is 8.38. The van der Waals surface area contributed by atoms with Crippen molar-refractivity contribution in [2.75, 3.05) is 5.08 Å². The van der Waals surface area contributed by atoms with Gasteiger partial charge in [-0.1, -0.05) is 6.07 Å². The minimum atomic E-state index is 0.711. The highest BCUT2D eigenvalue weighted by Crippen LogP contribution is 2.27. The summed E-state index contributed by atoms with van der Waals surface area (Å²) in [6.07, 6.45) is 0. The van der Waals surface area contributed by atoms with E-state index in [1.165, 1.54) is 11.8 Å². The third-order valence-electron chi connectivity index (χ3n) is 1.65. The minimum Gasteiger partial charge on any atom is -0.197 e. The van der Waals surface area contributed by atoms with E-state index in [1.54, 1.807) is 11.8 Å². The minimum absolute atomic E-state index is 0.711. The maximum Gasteiger partial charge on any atom is 0.134 e. The molecule has 1 heterocycles. The summed E-state index contributed by atoms with van der Waals surface area (Å²) in [6.45, 7) is 0. The topological polar surface area (TPSA) is 65.4 Å². The molecule has 2 aromatic rings. The molecule has 0 amide bonds. The Balaban J connectivity index is 2.24. The average Bonchev–Trinajstić information content (AvgIpc) is 2.67. The van der Waals surface area contributed by atoms with E-state index in [2.05, 4.69) is 15.4 Å². The molecule has 14 heavy (non-hydrogen) atoms. The monoisotopic (exact) mass is 222 g/mol. The van der Waals surface area contributed by atoms with E-state index in [9.17, 15) is 0 Å². The summed E-state index contributed by atoms with van der Waals surface area (Å²) < 4.78 is 0. The molecule has 6 heteroatoms. The number of thioether (sulfide) groups is 2. The van der Waals surface area contributed by atoms with Crippen LogP contribution in [0, 0.1) is 10.7 Å². The molecule has 4 nitrogen and oxygen atoms in total. The number of nitriles is 1. The largest absolute Gasteiger partial charge is 0.197 e. The van der Waals surface area contributed by atoms with Crippen molar-refractivity contribution >= 4 is 34.6 Å². The molecule has 0 fully saturated rings. The van der Waals surface area contributed by atoms with E-state index >= 15 is 0 Å². The van der Waals surface area contributed by atoms with Crippen molar-refractivity contribution in [3.8, 4) is 5.40 Å². The number of nitrogens with one attached hydrogen (secondary N) is 1. The molecule has 0 saturated carbocycles. The van der Waals surface area contributed by atoms with Crippen molar-refractivity contribution in [2.45, 2.75) is 4.90 Å². The Morgan fingerprint density at radius 2 is 2.36 bits per heavy atom. The molecular weight excluding hydrogens is 216 g/mol. The van der Waals surface area contributed by atoms with Crippen molar-refractivity contribution in [1.29, 1.82) is 5.26 Å². The van der Waals surface area contributed by atoms with Crippen molar-refractivity contribution in [1.82, 2.24) is 15.4 Å². The van der Waals surface area contributed by atoms with Gasteiger partial charge in [-0.05, 0) is 23.9 Å². The van der Waals surface area contributed by atoms with Gasteiger partial charge in [0.2, 0.25) is 0 Å². The summed E-state index contributed by atoms with van der Waals surface area (Å²) in [6, 6.07) is 5.82. The van der Waals surface area contributed by atoms with Gasteiger partial charge in [0.05, 0.1) is 5.08 Å². The molecule has 1 N–H and O–H groups in total. The Bertz CT molecular complexity index is 473. The van der Waals surface area contributed by atoms with Gasteiger partial charge in [0.25, 0.3) is 0 Å². The zero-order chi connectivity index (χ0) is 9.80. The molecule has 1 aromatic carbocycles. The number of para-hydroxylation sites is 1. The molecule has 0 aliphatic carbocycles. The average molecular weight is 222 g/mol. The number of hydrogen-bond acceptors (Lipinski definition) is 5. The second kappa shape index (κ2) is 4.35. The number of thiocyanates is 1. The molecule has 0 spiro atoms. The molecule has 0 saturated heterocycles. The van der Waals surface area contributed by atoms with Crippen molar-refractivity contribution in [3.05, 3.63) is 18.2 Å². The Morgan fingerprint density at radius 3 is 3.21 bits per heavy atom. The third kappa shape index (κ3) is 1.84. The van der Waals surface area contributed by atoms with Gasteiger partial charge in [0.1, 0.15) is 16.4 Å². The van der Waals surface area contributed by atoms with Gasteiger partial charge in [-0.15, -0.1) is 11.8 Å². The fourth-order valence-corrected chi connectivity index (χ4v) is 2.49. The van der Waals surface area contributed by atoms with Crippen LogP contribution in [0.1, 0.15) is 0 Å². The van der Waals surface area contributed by atoms with Crippen molar-refractivity contribution in [2.24, 2.45) is 0 Å². The lowest BCUT2D eigenvalue weighted by Gasteiger charge is -1.97. The summed E-state index contributed by atoms with van der Waals surface area (Å²) in [5.41, 5.74) is 1.73. The van der Waals surface area contributed by atoms with Crippen LogP contribution in [0.2, 0.25) is 0 Å². The van der Waals surface area contributed by atoms with Crippen LogP contribution < -0.4 is 0 Å². The summed E-state index contributed by atoms with van der Waals surface area (Å²) in [5.74, 6) is 0. The first-order chi connectivity index (χ1) is 6.92. The number of aromatic nitrogens is 3. The van der Waals surface area contributed by atoms with Crippen molar-refractivity contribution < 1.29 is 0 Å². The van der Waals surface area contributed by atoms with Gasteiger partial charge in [-0.2, -0.15) is 20.7 Å². The van der Waals surface area contributed by atoms with Crippen LogP contribution in [0.15, 0.2) is 23.1 Å². The second-order valence-corrected chi connectivity index (χ2v) is 4.59. The quantitative estimate of drug-likeness (QED) is 0.373. The molecule has 2 rings (SSSR count). The predicted molar refractivity (Wildman–Crippen MR) is 57.8 cm³/mol. The summed E-state index contributed by atoms with van der Waals surface area (Å²) >= 11 is 2.82. The van der Waals surface area contributed by atoms with E-state index in [1.807, 2.05) is 23.6 Å². The van der Waals surface area contributed by atoms with E-state index < -0.39 is 0 Å². The van der Waals surface area contributed by atoms with Crippen LogP contribution >= 0.6 is 23.5 Å². The summed E-state index contributed by atoms with van der Waals surface area (Å²) in [5, 5.41) is 21.7. The van der Waals surface area contributed by atoms with Crippen LogP contribution in [0.5, 0.6) is 0 Å². The number of nitrogens with zero attached hydrogens (tertiary/aromatic N) is 3. The van der Waals surface area contributed by atoms with Gasteiger partial charge in [0, 0.05) is 4.90 Å². The molecule has 0 bridgehead atoms. The number of aromatic amines is 1. The van der Waals surface area contributed by atoms with Crippen molar-refractivity contribution in [3.63, 3.8) is 0 Å². The van der Waals surface area contributed by atoms with E-state index in [0.29, 0.717) is 5.08 Å². The number of hydrogen-bond donors (Lipinski definition) is 1. The smallest absolute Gasteiger partial charge is 0.134 e. The highest BCUT2D eigenvalue weighted by Gasteiger charge is 2.04. The Morgan fingerprint density at radius 1 is 1.43 bits per heavy atom. The van der Waals surface area contributed by atoms with Gasteiger partial charge < -0.3 is 0 Å². The fourth-order valence-electron chi connectivity index (χ4n) is 1.08. The van der Waals surface area contributed by atoms with E-state index in [-0.39, 0.29) is 0 Å².